The lowest BCUT2D eigenvalue weighted by Gasteiger charge is -2.44. The van der Waals surface area contributed by atoms with Crippen molar-refractivity contribution < 1.29 is 22.7 Å². The van der Waals surface area contributed by atoms with Gasteiger partial charge in [-0.05, 0) is 67.9 Å². The van der Waals surface area contributed by atoms with Gasteiger partial charge in [-0.2, -0.15) is 13.2 Å². The van der Waals surface area contributed by atoms with E-state index in [1.807, 2.05) is 0 Å². The molecule has 2 nitrogen and oxygen atoms in total. The Morgan fingerprint density at radius 1 is 1.23 bits per heavy atom. The summed E-state index contributed by atoms with van der Waals surface area (Å²) in [6, 6.07) is 5.60. The van der Waals surface area contributed by atoms with E-state index in [1.54, 1.807) is 13.0 Å². The molecule has 0 aliphatic carbocycles. The zero-order chi connectivity index (χ0) is 22.5. The number of rotatable bonds is 9. The summed E-state index contributed by atoms with van der Waals surface area (Å²) in [5.74, 6) is 1.38. The number of alkyl halides is 3. The van der Waals surface area contributed by atoms with Crippen LogP contribution in [0, 0.1) is 23.7 Å². The molecule has 1 aromatic carbocycles. The Bertz CT molecular complexity index is 690. The lowest BCUT2D eigenvalue weighted by molar-refractivity contribution is -0.168. The highest BCUT2D eigenvalue weighted by atomic mass is 19.4. The molecular formula is C25H37F3O2. The first kappa shape index (κ1) is 24.9. The van der Waals surface area contributed by atoms with Crippen molar-refractivity contribution in [1.82, 2.24) is 0 Å². The third-order valence-corrected chi connectivity index (χ3v) is 7.33. The third-order valence-electron chi connectivity index (χ3n) is 7.33. The van der Waals surface area contributed by atoms with Crippen LogP contribution >= 0.6 is 0 Å². The van der Waals surface area contributed by atoms with Gasteiger partial charge in [0.15, 0.2) is 5.78 Å². The van der Waals surface area contributed by atoms with Gasteiger partial charge in [-0.1, -0.05) is 58.7 Å². The summed E-state index contributed by atoms with van der Waals surface area (Å²) in [4.78, 5) is 12.6. The molecule has 5 unspecified atom stereocenters. The van der Waals surface area contributed by atoms with E-state index in [0.29, 0.717) is 30.4 Å². The van der Waals surface area contributed by atoms with Crippen LogP contribution < -0.4 is 0 Å². The van der Waals surface area contributed by atoms with Crippen molar-refractivity contribution >= 4 is 5.78 Å². The smallest absolute Gasteiger partial charge is 0.367 e. The molecular weight excluding hydrogens is 389 g/mol. The molecule has 0 N–H and O–H groups in total. The molecule has 0 saturated carbocycles. The maximum absolute atomic E-state index is 13.0. The second-order valence-corrected chi connectivity index (χ2v) is 9.25. The fraction of sp³-hybridized carbons (Fsp3) is 0.720. The maximum atomic E-state index is 13.0. The van der Waals surface area contributed by atoms with Gasteiger partial charge in [0.25, 0.3) is 0 Å². The Labute approximate surface area is 179 Å². The molecule has 30 heavy (non-hydrogen) atoms. The van der Waals surface area contributed by atoms with Crippen LogP contribution in [0.5, 0.6) is 0 Å². The molecule has 1 aliphatic rings. The summed E-state index contributed by atoms with van der Waals surface area (Å²) in [6.45, 7) is 10.8. The van der Waals surface area contributed by atoms with Crippen molar-refractivity contribution in [1.29, 1.82) is 0 Å². The van der Waals surface area contributed by atoms with Crippen LogP contribution in [0.15, 0.2) is 24.3 Å². The SMILES string of the molecule is CCC(Cc1cccc(C(F)(F)F)c1)CC(C)C1(C(C)=O)CCC(C(C)CC)CO1. The number of carbonyl (C=O) groups excluding carboxylic acids is 1. The van der Waals surface area contributed by atoms with Crippen LogP contribution in [0.2, 0.25) is 0 Å². The van der Waals surface area contributed by atoms with E-state index in [0.717, 1.165) is 38.2 Å². The molecule has 0 aromatic heterocycles. The number of ether oxygens (including phenoxy) is 1. The van der Waals surface area contributed by atoms with Crippen LogP contribution in [-0.2, 0) is 22.1 Å². The van der Waals surface area contributed by atoms with Gasteiger partial charge in [0, 0.05) is 0 Å². The van der Waals surface area contributed by atoms with Crippen LogP contribution in [0.4, 0.5) is 13.2 Å². The van der Waals surface area contributed by atoms with Gasteiger partial charge < -0.3 is 4.74 Å². The van der Waals surface area contributed by atoms with Crippen molar-refractivity contribution in [2.75, 3.05) is 6.61 Å². The number of hydrogen-bond acceptors (Lipinski definition) is 2. The average Bonchev–Trinajstić information content (AvgIpc) is 2.72. The molecule has 170 valence electrons. The van der Waals surface area contributed by atoms with Crippen molar-refractivity contribution in [2.45, 2.75) is 84.9 Å². The Morgan fingerprint density at radius 2 is 1.93 bits per heavy atom. The minimum absolute atomic E-state index is 0.0311. The lowest BCUT2D eigenvalue weighted by Crippen LogP contribution is -2.51. The van der Waals surface area contributed by atoms with Crippen molar-refractivity contribution in [2.24, 2.45) is 23.7 Å². The third kappa shape index (κ3) is 5.87. The molecule has 2 rings (SSSR count). The molecule has 5 heteroatoms. The fourth-order valence-corrected chi connectivity index (χ4v) is 4.90. The van der Waals surface area contributed by atoms with E-state index in [1.165, 1.54) is 12.1 Å². The monoisotopic (exact) mass is 426 g/mol. The highest BCUT2D eigenvalue weighted by Gasteiger charge is 2.46. The van der Waals surface area contributed by atoms with Crippen LogP contribution in [-0.4, -0.2) is 18.0 Å². The summed E-state index contributed by atoms with van der Waals surface area (Å²) < 4.78 is 45.4. The predicted octanol–water partition coefficient (Wildman–Crippen LogP) is 7.10. The second-order valence-electron chi connectivity index (χ2n) is 9.25. The highest BCUT2D eigenvalue weighted by molar-refractivity contribution is 5.85. The molecule has 5 atom stereocenters. The Hall–Kier alpha value is -1.36. The minimum atomic E-state index is -4.33. The topological polar surface area (TPSA) is 26.3 Å². The second kappa shape index (κ2) is 10.3. The number of ketones is 1. The van der Waals surface area contributed by atoms with Crippen molar-refractivity contribution in [3.05, 3.63) is 35.4 Å². The molecule has 1 saturated heterocycles. The van der Waals surface area contributed by atoms with Gasteiger partial charge in [-0.15, -0.1) is 0 Å². The normalized spacial score (nSPS) is 25.5. The van der Waals surface area contributed by atoms with Gasteiger partial charge in [0.1, 0.15) is 5.60 Å². The predicted molar refractivity (Wildman–Crippen MR) is 114 cm³/mol. The Morgan fingerprint density at radius 3 is 2.43 bits per heavy atom. The quantitative estimate of drug-likeness (QED) is 0.421. The molecule has 0 radical (unpaired) electrons. The van der Waals surface area contributed by atoms with E-state index >= 15 is 0 Å². The molecule has 0 amide bonds. The molecule has 1 aromatic rings. The van der Waals surface area contributed by atoms with E-state index in [2.05, 4.69) is 27.7 Å². The zero-order valence-electron chi connectivity index (χ0n) is 19.0. The van der Waals surface area contributed by atoms with Crippen LogP contribution in [0.3, 0.4) is 0 Å². The molecule has 0 spiro atoms. The van der Waals surface area contributed by atoms with Crippen LogP contribution in [0.1, 0.15) is 77.8 Å². The molecule has 1 fully saturated rings. The van der Waals surface area contributed by atoms with Gasteiger partial charge in [-0.25, -0.2) is 0 Å². The van der Waals surface area contributed by atoms with E-state index < -0.39 is 17.3 Å². The number of carbonyl (C=O) groups is 1. The Balaban J connectivity index is 2.09. The number of hydrogen-bond donors (Lipinski definition) is 0. The number of halogens is 3. The molecule has 1 aliphatic heterocycles. The van der Waals surface area contributed by atoms with Crippen molar-refractivity contribution in [3.8, 4) is 0 Å². The summed E-state index contributed by atoms with van der Waals surface area (Å²) in [7, 11) is 0. The fourth-order valence-electron chi connectivity index (χ4n) is 4.90. The zero-order valence-corrected chi connectivity index (χ0v) is 19.0. The van der Waals surface area contributed by atoms with Gasteiger partial charge >= 0.3 is 6.18 Å². The maximum Gasteiger partial charge on any atom is 0.416 e. The first-order valence-corrected chi connectivity index (χ1v) is 11.3. The van der Waals surface area contributed by atoms with E-state index in [-0.39, 0.29) is 17.6 Å². The summed E-state index contributed by atoms with van der Waals surface area (Å²) in [5.41, 5.74) is -0.664. The first-order chi connectivity index (χ1) is 14.0. The lowest BCUT2D eigenvalue weighted by atomic mass is 9.71. The molecule has 0 bridgehead atoms. The van der Waals surface area contributed by atoms with Gasteiger partial charge in [-0.3, -0.25) is 4.79 Å². The average molecular weight is 427 g/mol. The summed E-state index contributed by atoms with van der Waals surface area (Å²) >= 11 is 0. The Kier molecular flexibility index (Phi) is 8.55. The minimum Gasteiger partial charge on any atom is -0.367 e. The number of Topliss-reactive ketones (excluding diaryl/α,β-unsaturated/α-hetero) is 1. The van der Waals surface area contributed by atoms with E-state index in [9.17, 15) is 18.0 Å². The number of benzene rings is 1. The van der Waals surface area contributed by atoms with Gasteiger partial charge in [0.05, 0.1) is 12.2 Å². The largest absolute Gasteiger partial charge is 0.416 e. The van der Waals surface area contributed by atoms with Crippen LogP contribution in [0.25, 0.3) is 0 Å². The van der Waals surface area contributed by atoms with Gasteiger partial charge in [0.2, 0.25) is 0 Å². The summed E-state index contributed by atoms with van der Waals surface area (Å²) in [6.07, 6.45) is 0.692. The highest BCUT2D eigenvalue weighted by Crippen LogP contribution is 2.41. The van der Waals surface area contributed by atoms with Crippen molar-refractivity contribution in [3.63, 3.8) is 0 Å². The standard InChI is InChI=1S/C25H37F3O2/c1-6-17(3)22-11-12-24(19(5)29,30-16-22)18(4)13-20(7-2)14-21-9-8-10-23(15-21)25(26,27)28/h8-10,15,17-18,20,22H,6-7,11-14,16H2,1-5H3. The first-order valence-electron chi connectivity index (χ1n) is 11.3. The van der Waals surface area contributed by atoms with E-state index in [4.69, 9.17) is 4.74 Å². The molecule has 1 heterocycles. The summed E-state index contributed by atoms with van der Waals surface area (Å²) in [5, 5.41) is 0.